The minimum atomic E-state index is 0.129. The van der Waals surface area contributed by atoms with Crippen molar-refractivity contribution in [3.8, 4) is 0 Å². The first-order valence-electron chi connectivity index (χ1n) is 7.01. The Bertz CT molecular complexity index is 479. The number of carbonyl (C=O) groups excluding carboxylic acids is 1. The van der Waals surface area contributed by atoms with Gasteiger partial charge in [0.05, 0.1) is 12.2 Å². The van der Waals surface area contributed by atoms with Crippen molar-refractivity contribution >= 4 is 28.5 Å². The fourth-order valence-corrected chi connectivity index (χ4v) is 3.11. The van der Waals surface area contributed by atoms with E-state index in [1.807, 2.05) is 30.0 Å². The van der Waals surface area contributed by atoms with Crippen LogP contribution in [-0.2, 0) is 0 Å². The fourth-order valence-electron chi connectivity index (χ4n) is 2.52. The van der Waals surface area contributed by atoms with Crippen LogP contribution in [0.1, 0.15) is 22.3 Å². The van der Waals surface area contributed by atoms with Gasteiger partial charge in [0.15, 0.2) is 0 Å². The van der Waals surface area contributed by atoms with Crippen LogP contribution < -0.4 is 0 Å². The Morgan fingerprint density at radius 1 is 1.30 bits per heavy atom. The van der Waals surface area contributed by atoms with Crippen LogP contribution >= 0.6 is 22.6 Å². The van der Waals surface area contributed by atoms with Gasteiger partial charge in [-0.2, -0.15) is 0 Å². The van der Waals surface area contributed by atoms with Gasteiger partial charge in [0, 0.05) is 29.7 Å². The maximum atomic E-state index is 12.6. The molecule has 1 fully saturated rings. The van der Waals surface area contributed by atoms with Crippen molar-refractivity contribution < 1.29 is 9.90 Å². The predicted molar refractivity (Wildman–Crippen MR) is 87.9 cm³/mol. The van der Waals surface area contributed by atoms with Crippen LogP contribution in [0.15, 0.2) is 18.2 Å². The number of amides is 1. The Kier molecular flexibility index (Phi) is 5.80. The number of nitrogens with zero attached hydrogens (tertiary/aromatic N) is 2. The lowest BCUT2D eigenvalue weighted by Crippen LogP contribution is -2.36. The van der Waals surface area contributed by atoms with Gasteiger partial charge >= 0.3 is 0 Å². The lowest BCUT2D eigenvalue weighted by molar-refractivity contribution is 0.0759. The van der Waals surface area contributed by atoms with Gasteiger partial charge < -0.3 is 10.0 Å². The van der Waals surface area contributed by atoms with E-state index in [1.54, 1.807) is 0 Å². The number of aryl methyl sites for hydroxylation is 1. The molecule has 1 amide bonds. The van der Waals surface area contributed by atoms with Gasteiger partial charge in [-0.3, -0.25) is 9.69 Å². The van der Waals surface area contributed by atoms with Gasteiger partial charge in [-0.05, 0) is 54.1 Å². The van der Waals surface area contributed by atoms with Gasteiger partial charge in [-0.1, -0.05) is 12.1 Å². The third-order valence-electron chi connectivity index (χ3n) is 3.71. The van der Waals surface area contributed by atoms with Crippen LogP contribution in [0.3, 0.4) is 0 Å². The Labute approximate surface area is 133 Å². The summed E-state index contributed by atoms with van der Waals surface area (Å²) in [4.78, 5) is 16.8. The van der Waals surface area contributed by atoms with Crippen molar-refractivity contribution in [2.75, 3.05) is 39.3 Å². The molecule has 1 aromatic rings. The van der Waals surface area contributed by atoms with Crippen LogP contribution in [0.2, 0.25) is 0 Å². The second-order valence-electron chi connectivity index (χ2n) is 5.15. The van der Waals surface area contributed by atoms with E-state index in [1.165, 1.54) is 0 Å². The van der Waals surface area contributed by atoms with Gasteiger partial charge in [-0.15, -0.1) is 0 Å². The Hall–Kier alpha value is -0.660. The summed E-state index contributed by atoms with van der Waals surface area (Å²) in [5.74, 6) is 0.129. The third-order valence-corrected chi connectivity index (χ3v) is 5.15. The summed E-state index contributed by atoms with van der Waals surface area (Å²) < 4.78 is 1.05. The average Bonchev–Trinajstić information content (AvgIpc) is 2.67. The van der Waals surface area contributed by atoms with Crippen molar-refractivity contribution in [3.05, 3.63) is 32.9 Å². The number of rotatable bonds is 3. The van der Waals surface area contributed by atoms with Gasteiger partial charge in [0.2, 0.25) is 0 Å². The van der Waals surface area contributed by atoms with Crippen molar-refractivity contribution in [2.24, 2.45) is 0 Å². The summed E-state index contributed by atoms with van der Waals surface area (Å²) in [7, 11) is 0. The number of carbonyl (C=O) groups is 1. The molecule has 0 saturated carbocycles. The molecule has 1 N–H and O–H groups in total. The van der Waals surface area contributed by atoms with E-state index in [9.17, 15) is 4.79 Å². The molecule has 1 saturated heterocycles. The lowest BCUT2D eigenvalue weighted by Gasteiger charge is -2.22. The maximum Gasteiger partial charge on any atom is 0.254 e. The van der Waals surface area contributed by atoms with E-state index in [0.717, 1.165) is 47.3 Å². The van der Waals surface area contributed by atoms with Gasteiger partial charge in [-0.25, -0.2) is 0 Å². The summed E-state index contributed by atoms with van der Waals surface area (Å²) in [6.07, 6.45) is 0.966. The van der Waals surface area contributed by atoms with Crippen molar-refractivity contribution in [1.82, 2.24) is 9.80 Å². The first-order valence-corrected chi connectivity index (χ1v) is 8.09. The molecule has 0 radical (unpaired) electrons. The van der Waals surface area contributed by atoms with Crippen LogP contribution in [0, 0.1) is 10.5 Å². The van der Waals surface area contributed by atoms with E-state index in [4.69, 9.17) is 5.11 Å². The monoisotopic (exact) mass is 388 g/mol. The van der Waals surface area contributed by atoms with Crippen LogP contribution in [-0.4, -0.2) is 60.1 Å². The topological polar surface area (TPSA) is 43.8 Å². The highest BCUT2D eigenvalue weighted by Crippen LogP contribution is 2.19. The number of β-amino-alcohol motifs (C(OH)–C–C–N with tert-alkyl or cyclic N) is 1. The molecule has 0 unspecified atom stereocenters. The smallest absolute Gasteiger partial charge is 0.254 e. The Balaban J connectivity index is 2.07. The molecular formula is C15H21IN2O2. The summed E-state index contributed by atoms with van der Waals surface area (Å²) in [5, 5.41) is 9.01. The second kappa shape index (κ2) is 7.38. The number of halogens is 1. The van der Waals surface area contributed by atoms with Gasteiger partial charge in [0.25, 0.3) is 5.91 Å². The largest absolute Gasteiger partial charge is 0.395 e. The molecule has 0 aliphatic carbocycles. The zero-order valence-corrected chi connectivity index (χ0v) is 14.0. The maximum absolute atomic E-state index is 12.6. The highest BCUT2D eigenvalue weighted by Gasteiger charge is 2.21. The second-order valence-corrected chi connectivity index (χ2v) is 6.23. The molecule has 0 atom stereocenters. The molecule has 0 aromatic heterocycles. The number of hydrogen-bond acceptors (Lipinski definition) is 3. The van der Waals surface area contributed by atoms with E-state index in [0.29, 0.717) is 6.54 Å². The minimum absolute atomic E-state index is 0.129. The highest BCUT2D eigenvalue weighted by atomic mass is 127. The molecule has 20 heavy (non-hydrogen) atoms. The van der Waals surface area contributed by atoms with Crippen LogP contribution in [0.25, 0.3) is 0 Å². The number of aliphatic hydroxyl groups excluding tert-OH is 1. The van der Waals surface area contributed by atoms with E-state index < -0.39 is 0 Å². The van der Waals surface area contributed by atoms with Crippen LogP contribution in [0.4, 0.5) is 0 Å². The SMILES string of the molecule is Cc1cccc(C(=O)N2CCCN(CCO)CC2)c1I. The number of hydrogen-bond donors (Lipinski definition) is 1. The van der Waals surface area contributed by atoms with Crippen molar-refractivity contribution in [2.45, 2.75) is 13.3 Å². The van der Waals surface area contributed by atoms with Crippen molar-refractivity contribution in [3.63, 3.8) is 0 Å². The zero-order valence-electron chi connectivity index (χ0n) is 11.8. The van der Waals surface area contributed by atoms with Crippen molar-refractivity contribution in [1.29, 1.82) is 0 Å². The molecule has 1 heterocycles. The lowest BCUT2D eigenvalue weighted by atomic mass is 10.1. The minimum Gasteiger partial charge on any atom is -0.395 e. The number of aliphatic hydroxyl groups is 1. The molecule has 5 heteroatoms. The van der Waals surface area contributed by atoms with E-state index >= 15 is 0 Å². The number of benzene rings is 1. The molecule has 2 rings (SSSR count). The Morgan fingerprint density at radius 3 is 2.85 bits per heavy atom. The standard InChI is InChI=1S/C15H21IN2O2/c1-12-4-2-5-13(14(12)16)15(20)18-7-3-6-17(8-9-18)10-11-19/h2,4-5,19H,3,6-11H2,1H3. The average molecular weight is 388 g/mol. The summed E-state index contributed by atoms with van der Waals surface area (Å²) in [5.41, 5.74) is 1.95. The first-order chi connectivity index (χ1) is 9.63. The molecule has 4 nitrogen and oxygen atoms in total. The normalized spacial score (nSPS) is 17.1. The predicted octanol–water partition coefficient (Wildman–Crippen LogP) is 1.74. The quantitative estimate of drug-likeness (QED) is 0.803. The van der Waals surface area contributed by atoms with Crippen LogP contribution in [0.5, 0.6) is 0 Å². The molecule has 110 valence electrons. The highest BCUT2D eigenvalue weighted by molar-refractivity contribution is 14.1. The molecular weight excluding hydrogens is 367 g/mol. The summed E-state index contributed by atoms with van der Waals surface area (Å²) in [6, 6.07) is 5.89. The van der Waals surface area contributed by atoms with Gasteiger partial charge in [0.1, 0.15) is 0 Å². The third kappa shape index (κ3) is 3.71. The molecule has 0 bridgehead atoms. The zero-order chi connectivity index (χ0) is 14.5. The van der Waals surface area contributed by atoms with E-state index in [2.05, 4.69) is 27.5 Å². The molecule has 1 aliphatic heterocycles. The molecule has 1 aliphatic rings. The van der Waals surface area contributed by atoms with E-state index in [-0.39, 0.29) is 12.5 Å². The summed E-state index contributed by atoms with van der Waals surface area (Å²) in [6.45, 7) is 6.25. The first kappa shape index (κ1) is 15.7. The molecule has 0 spiro atoms. The fraction of sp³-hybridized carbons (Fsp3) is 0.533. The summed E-state index contributed by atoms with van der Waals surface area (Å²) >= 11 is 2.25. The Morgan fingerprint density at radius 2 is 2.10 bits per heavy atom. The molecule has 1 aromatic carbocycles.